The third-order valence-corrected chi connectivity index (χ3v) is 1.93. The molecular weight excluding hydrogens is 164 g/mol. The first-order chi connectivity index (χ1) is 4.57. The van der Waals surface area contributed by atoms with E-state index in [0.29, 0.717) is 0 Å². The first-order valence-corrected chi connectivity index (χ1v) is 4.48. The van der Waals surface area contributed by atoms with E-state index in [2.05, 4.69) is 25.3 Å². The largest absolute Gasteiger partial charge is 0.326 e. The number of thiol groups is 2. The highest BCUT2D eigenvalue weighted by Gasteiger charge is 2.12. The summed E-state index contributed by atoms with van der Waals surface area (Å²) in [7, 11) is 0. The predicted molar refractivity (Wildman–Crippen MR) is 52.6 cm³/mol. The van der Waals surface area contributed by atoms with Crippen molar-refractivity contribution in [2.45, 2.75) is 36.4 Å². The van der Waals surface area contributed by atoms with Gasteiger partial charge in [-0.3, -0.25) is 0 Å². The number of nitrogens with two attached hydrogens (primary N) is 2. The van der Waals surface area contributed by atoms with Crippen LogP contribution < -0.4 is 11.5 Å². The van der Waals surface area contributed by atoms with Crippen LogP contribution in [0.5, 0.6) is 0 Å². The van der Waals surface area contributed by atoms with Crippen LogP contribution in [0.4, 0.5) is 0 Å². The van der Waals surface area contributed by atoms with Crippen molar-refractivity contribution < 1.29 is 0 Å². The van der Waals surface area contributed by atoms with Crippen molar-refractivity contribution in [1.82, 2.24) is 0 Å². The molecule has 0 aromatic rings. The second kappa shape index (κ2) is 5.29. The van der Waals surface area contributed by atoms with Gasteiger partial charge in [0.05, 0.1) is 0 Å². The zero-order valence-corrected chi connectivity index (χ0v) is 7.98. The van der Waals surface area contributed by atoms with E-state index in [4.69, 9.17) is 11.5 Å². The van der Waals surface area contributed by atoms with E-state index >= 15 is 0 Å². The van der Waals surface area contributed by atoms with Crippen LogP contribution in [0, 0.1) is 0 Å². The molecule has 62 valence electrons. The maximum atomic E-state index is 5.71. The van der Waals surface area contributed by atoms with Gasteiger partial charge in [-0.15, -0.1) is 0 Å². The van der Waals surface area contributed by atoms with Gasteiger partial charge in [-0.05, 0) is 12.8 Å². The smallest absolute Gasteiger partial charge is 0.0457 e. The molecule has 2 nitrogen and oxygen atoms in total. The predicted octanol–water partition coefficient (Wildman–Crippen LogP) is 0.627. The van der Waals surface area contributed by atoms with Gasteiger partial charge in [0.25, 0.3) is 0 Å². The fourth-order valence-electron chi connectivity index (χ4n) is 0.721. The summed E-state index contributed by atoms with van der Waals surface area (Å²) in [6.45, 7) is 2.02. The fourth-order valence-corrected chi connectivity index (χ4v) is 1.21. The topological polar surface area (TPSA) is 52.0 Å². The molecule has 0 spiro atoms. The molecule has 0 saturated carbocycles. The Hall–Kier alpha value is 0.620. The van der Waals surface area contributed by atoms with Gasteiger partial charge in [0, 0.05) is 16.7 Å². The van der Waals surface area contributed by atoms with Gasteiger partial charge in [0.1, 0.15) is 0 Å². The molecule has 0 aliphatic rings. The van der Waals surface area contributed by atoms with E-state index in [-0.39, 0.29) is 16.7 Å². The van der Waals surface area contributed by atoms with Crippen molar-refractivity contribution >= 4 is 25.3 Å². The Kier molecular flexibility index (Phi) is 5.62. The average molecular weight is 180 g/mol. The zero-order valence-electron chi connectivity index (χ0n) is 6.20. The Bertz CT molecular complexity index is 87.8. The van der Waals surface area contributed by atoms with Gasteiger partial charge < -0.3 is 11.5 Å². The van der Waals surface area contributed by atoms with E-state index in [1.165, 1.54) is 0 Å². The summed E-state index contributed by atoms with van der Waals surface area (Å²) < 4.78 is 0.0487. The van der Waals surface area contributed by atoms with Crippen LogP contribution in [-0.4, -0.2) is 16.7 Å². The highest BCUT2D eigenvalue weighted by Crippen LogP contribution is 2.09. The Balaban J connectivity index is 3.50. The average Bonchev–Trinajstić information content (AvgIpc) is 1.85. The molecule has 0 saturated heterocycles. The van der Waals surface area contributed by atoms with Gasteiger partial charge in [-0.25, -0.2) is 0 Å². The van der Waals surface area contributed by atoms with Crippen LogP contribution in [0.2, 0.25) is 0 Å². The van der Waals surface area contributed by atoms with Crippen molar-refractivity contribution in [2.75, 3.05) is 0 Å². The van der Waals surface area contributed by atoms with Crippen molar-refractivity contribution in [1.29, 1.82) is 0 Å². The van der Waals surface area contributed by atoms with Crippen molar-refractivity contribution in [3.05, 3.63) is 0 Å². The number of hydrogen-bond donors (Lipinski definition) is 4. The van der Waals surface area contributed by atoms with Crippen LogP contribution >= 0.6 is 25.3 Å². The maximum Gasteiger partial charge on any atom is 0.0457 e. The number of hydrogen-bond acceptors (Lipinski definition) is 4. The number of rotatable bonds is 4. The van der Waals surface area contributed by atoms with Crippen LogP contribution in [-0.2, 0) is 0 Å². The summed E-state index contributed by atoms with van der Waals surface area (Å²) in [6, 6.07) is 0.117. The Morgan fingerprint density at radius 2 is 1.70 bits per heavy atom. The highest BCUT2D eigenvalue weighted by molar-refractivity contribution is 7.99. The molecule has 0 aromatic heterocycles. The SMILES string of the molecule is CCC(N)C(N)CC(S)S. The lowest BCUT2D eigenvalue weighted by atomic mass is 10.1. The summed E-state index contributed by atoms with van der Waals surface area (Å²) in [5.74, 6) is 0. The van der Waals surface area contributed by atoms with Crippen LogP contribution in [0.3, 0.4) is 0 Å². The van der Waals surface area contributed by atoms with Gasteiger partial charge in [-0.2, -0.15) is 25.3 Å². The molecule has 0 heterocycles. The van der Waals surface area contributed by atoms with E-state index < -0.39 is 0 Å². The lowest BCUT2D eigenvalue weighted by Crippen LogP contribution is -2.41. The lowest BCUT2D eigenvalue weighted by molar-refractivity contribution is 0.499. The molecule has 10 heavy (non-hydrogen) atoms. The van der Waals surface area contributed by atoms with Crippen LogP contribution in [0.15, 0.2) is 0 Å². The lowest BCUT2D eigenvalue weighted by Gasteiger charge is -2.18. The molecular formula is C6H16N2S2. The summed E-state index contributed by atoms with van der Waals surface area (Å²) in [5.41, 5.74) is 11.4. The van der Waals surface area contributed by atoms with Gasteiger partial charge in [0.2, 0.25) is 0 Å². The van der Waals surface area contributed by atoms with E-state index in [9.17, 15) is 0 Å². The Morgan fingerprint density at radius 1 is 1.20 bits per heavy atom. The molecule has 4 heteroatoms. The minimum Gasteiger partial charge on any atom is -0.326 e. The Morgan fingerprint density at radius 3 is 2.00 bits per heavy atom. The molecule has 0 aromatic carbocycles. The van der Waals surface area contributed by atoms with E-state index in [0.717, 1.165) is 12.8 Å². The van der Waals surface area contributed by atoms with Gasteiger partial charge in [0.15, 0.2) is 0 Å². The Labute approximate surface area is 73.6 Å². The fraction of sp³-hybridized carbons (Fsp3) is 1.00. The maximum absolute atomic E-state index is 5.71. The molecule has 0 aliphatic heterocycles. The molecule has 0 amide bonds. The highest BCUT2D eigenvalue weighted by atomic mass is 32.2. The molecule has 2 unspecified atom stereocenters. The van der Waals surface area contributed by atoms with Crippen molar-refractivity contribution in [3.63, 3.8) is 0 Å². The summed E-state index contributed by atoms with van der Waals surface area (Å²) in [5, 5.41) is 0. The third kappa shape index (κ3) is 4.44. The quantitative estimate of drug-likeness (QED) is 0.379. The minimum absolute atomic E-state index is 0.0324. The van der Waals surface area contributed by atoms with Crippen LogP contribution in [0.25, 0.3) is 0 Å². The first kappa shape index (κ1) is 10.6. The molecule has 0 radical (unpaired) electrons. The molecule has 2 atom stereocenters. The second-order valence-electron chi connectivity index (χ2n) is 2.45. The zero-order chi connectivity index (χ0) is 8.15. The summed E-state index contributed by atoms with van der Waals surface area (Å²) >= 11 is 8.20. The molecule has 0 rings (SSSR count). The molecule has 0 fully saturated rings. The monoisotopic (exact) mass is 180 g/mol. The third-order valence-electron chi connectivity index (χ3n) is 1.50. The molecule has 4 N–H and O–H groups in total. The normalized spacial score (nSPS) is 17.4. The first-order valence-electron chi connectivity index (χ1n) is 3.45. The standard InChI is InChI=1S/C6H16N2S2/c1-2-4(7)5(8)3-6(9)10/h4-6,9-10H,2-3,7-8H2,1H3. The van der Waals surface area contributed by atoms with Gasteiger partial charge in [-0.1, -0.05) is 6.92 Å². The van der Waals surface area contributed by atoms with E-state index in [1.54, 1.807) is 0 Å². The molecule has 0 bridgehead atoms. The molecule has 0 aliphatic carbocycles. The van der Waals surface area contributed by atoms with Crippen molar-refractivity contribution in [3.8, 4) is 0 Å². The second-order valence-corrected chi connectivity index (χ2v) is 4.11. The summed E-state index contributed by atoms with van der Waals surface area (Å²) in [4.78, 5) is 0. The van der Waals surface area contributed by atoms with Gasteiger partial charge >= 0.3 is 0 Å². The minimum atomic E-state index is 0.0324. The van der Waals surface area contributed by atoms with Crippen molar-refractivity contribution in [2.24, 2.45) is 11.5 Å². The van der Waals surface area contributed by atoms with Crippen LogP contribution in [0.1, 0.15) is 19.8 Å². The summed E-state index contributed by atoms with van der Waals surface area (Å²) in [6.07, 6.45) is 1.68. The van der Waals surface area contributed by atoms with E-state index in [1.807, 2.05) is 6.92 Å².